The summed E-state index contributed by atoms with van der Waals surface area (Å²) < 4.78 is 123. The van der Waals surface area contributed by atoms with Crippen molar-refractivity contribution in [3.05, 3.63) is 0 Å². The second-order valence-corrected chi connectivity index (χ2v) is 15.9. The molecule has 0 aliphatic carbocycles. The molecule has 14 nitrogen and oxygen atoms in total. The maximum absolute atomic E-state index is 9.56. The molecule has 0 atom stereocenters. The summed E-state index contributed by atoms with van der Waals surface area (Å²) in [6.07, 6.45) is 19.7. The molecule has 0 aliphatic rings. The molecular formula is C12H38CuO14S8. The summed E-state index contributed by atoms with van der Waals surface area (Å²) in [6.45, 7) is 0. The summed E-state index contributed by atoms with van der Waals surface area (Å²) in [5.41, 5.74) is 0. The van der Waals surface area contributed by atoms with Crippen molar-refractivity contribution in [2.24, 2.45) is 0 Å². The second kappa shape index (κ2) is 42.3. The van der Waals surface area contributed by atoms with Crippen molar-refractivity contribution >= 4 is 85.6 Å². The van der Waals surface area contributed by atoms with Crippen molar-refractivity contribution in [1.82, 2.24) is 0 Å². The van der Waals surface area contributed by atoms with Crippen molar-refractivity contribution in [2.45, 2.75) is 0 Å². The third-order valence-electron chi connectivity index (χ3n) is 0. The zero-order chi connectivity index (χ0) is 30.5. The van der Waals surface area contributed by atoms with Gasteiger partial charge in [0.05, 0.1) is 0 Å². The molecule has 1 radical (unpaired) electrons. The first-order valence-electron chi connectivity index (χ1n) is 7.26. The van der Waals surface area contributed by atoms with Crippen molar-refractivity contribution in [3.63, 3.8) is 0 Å². The first-order chi connectivity index (χ1) is 14.4. The van der Waals surface area contributed by atoms with Gasteiger partial charge in [-0.3, -0.25) is 34.4 Å². The standard InChI is InChI=1S/6C2H6OS.Cu.2H2O4S/c6*1-4(2)3;;2*1-5(2,3)4/h6*1-2H3;;2*(H2,1,2,3,4)/q;;;;;;+2;;/p-2. The minimum atomic E-state index is -4.92. The van der Waals surface area contributed by atoms with Crippen LogP contribution < -0.4 is 0 Å². The van der Waals surface area contributed by atoms with Crippen LogP contribution in [0.25, 0.3) is 0 Å². The van der Waals surface area contributed by atoms with Crippen molar-refractivity contribution in [2.75, 3.05) is 75.1 Å². The molecule has 0 bridgehead atoms. The van der Waals surface area contributed by atoms with Gasteiger partial charge >= 0.3 is 17.1 Å². The van der Waals surface area contributed by atoms with Crippen LogP contribution in [0.5, 0.6) is 0 Å². The molecule has 0 saturated heterocycles. The Labute approximate surface area is 236 Å². The first-order valence-corrected chi connectivity index (χ1v) is 21.8. The van der Waals surface area contributed by atoms with E-state index in [9.17, 15) is 25.3 Å². The number of rotatable bonds is 0. The Kier molecular flexibility index (Phi) is 73.2. The van der Waals surface area contributed by atoms with Gasteiger partial charge < -0.3 is 9.11 Å². The minimum Gasteiger partial charge on any atom is -0.726 e. The van der Waals surface area contributed by atoms with Gasteiger partial charge in [-0.25, -0.2) is 16.8 Å². The fraction of sp³-hybridized carbons (Fsp3) is 1.00. The Bertz CT molecular complexity index is 618. The van der Waals surface area contributed by atoms with E-state index < -0.39 is 85.6 Å². The molecule has 0 heterocycles. The predicted molar refractivity (Wildman–Crippen MR) is 145 cm³/mol. The van der Waals surface area contributed by atoms with Gasteiger partial charge in [0.25, 0.3) is 0 Å². The summed E-state index contributed by atoms with van der Waals surface area (Å²) in [4.78, 5) is 0. The van der Waals surface area contributed by atoms with Gasteiger partial charge in [0.2, 0.25) is 20.8 Å². The van der Waals surface area contributed by atoms with Crippen LogP contribution in [-0.2, 0) is 103 Å². The van der Waals surface area contributed by atoms with Crippen molar-refractivity contribution in [1.29, 1.82) is 0 Å². The molecule has 0 aromatic heterocycles. The molecule has 229 valence electrons. The van der Waals surface area contributed by atoms with Gasteiger partial charge in [-0.1, -0.05) is 0 Å². The first kappa shape index (κ1) is 60.6. The molecule has 35 heavy (non-hydrogen) atoms. The topological polar surface area (TPSA) is 257 Å². The fourth-order valence-electron chi connectivity index (χ4n) is 0. The molecule has 0 rings (SSSR count). The van der Waals surface area contributed by atoms with E-state index in [1.807, 2.05) is 0 Å². The summed E-state index contributed by atoms with van der Waals surface area (Å²) in [7, 11) is -13.5. The van der Waals surface area contributed by atoms with E-state index >= 15 is 0 Å². The molecule has 0 amide bonds. The molecule has 0 aliphatic heterocycles. The van der Waals surface area contributed by atoms with Gasteiger partial charge in [-0.15, -0.1) is 0 Å². The van der Waals surface area contributed by atoms with E-state index in [1.54, 1.807) is 75.1 Å². The second-order valence-electron chi connectivity index (χ2n) is 5.30. The fourth-order valence-corrected chi connectivity index (χ4v) is 0. The summed E-state index contributed by atoms with van der Waals surface area (Å²) >= 11 is 0. The molecule has 0 spiro atoms. The molecule has 0 unspecified atom stereocenters. The molecule has 0 aromatic rings. The van der Waals surface area contributed by atoms with Crippen LogP contribution >= 0.6 is 0 Å². The van der Waals surface area contributed by atoms with E-state index in [0.29, 0.717) is 0 Å². The van der Waals surface area contributed by atoms with Crippen molar-refractivity contribution < 1.29 is 77.4 Å². The van der Waals surface area contributed by atoms with Gasteiger partial charge in [-0.2, -0.15) is 0 Å². The molecule has 0 saturated carbocycles. The quantitative estimate of drug-likeness (QED) is 0.155. The molecule has 0 aromatic carbocycles. The van der Waals surface area contributed by atoms with Crippen molar-refractivity contribution in [3.8, 4) is 0 Å². The molecule has 23 heteroatoms. The molecule has 0 fully saturated rings. The molecule has 2 N–H and O–H groups in total. The van der Waals surface area contributed by atoms with Gasteiger partial charge in [0.1, 0.15) is 0 Å². The van der Waals surface area contributed by atoms with E-state index in [-0.39, 0.29) is 17.1 Å². The van der Waals surface area contributed by atoms with Gasteiger partial charge in [0, 0.05) is 140 Å². The largest absolute Gasteiger partial charge is 2.00 e. The van der Waals surface area contributed by atoms with E-state index in [1.165, 1.54) is 0 Å². The Hall–Kier alpha value is 1.16. The monoisotopic (exact) mass is 725 g/mol. The minimum absolute atomic E-state index is 0. The normalized spacial score (nSPS) is 9.31. The van der Waals surface area contributed by atoms with E-state index in [4.69, 9.17) is 35.0 Å². The van der Waals surface area contributed by atoms with E-state index in [2.05, 4.69) is 0 Å². The predicted octanol–water partition coefficient (Wildman–Crippen LogP) is -2.03. The smallest absolute Gasteiger partial charge is 0.726 e. The van der Waals surface area contributed by atoms with Gasteiger partial charge in [0.15, 0.2) is 0 Å². The van der Waals surface area contributed by atoms with Crippen LogP contribution in [-0.4, -0.2) is 135 Å². The zero-order valence-electron chi connectivity index (χ0n) is 21.4. The Morgan fingerprint density at radius 1 is 0.400 bits per heavy atom. The van der Waals surface area contributed by atoms with Crippen LogP contribution in [0.4, 0.5) is 0 Å². The summed E-state index contributed by atoms with van der Waals surface area (Å²) in [5.74, 6) is 0. The third-order valence-corrected chi connectivity index (χ3v) is 0. The maximum atomic E-state index is 9.56. The van der Waals surface area contributed by atoms with Crippen LogP contribution in [0.15, 0.2) is 0 Å². The number of hydrogen-bond acceptors (Lipinski definition) is 12. The van der Waals surface area contributed by atoms with Gasteiger partial charge in [-0.05, 0) is 0 Å². The average Bonchev–Trinajstić information content (AvgIpc) is 2.27. The van der Waals surface area contributed by atoms with Crippen LogP contribution in [0.3, 0.4) is 0 Å². The van der Waals surface area contributed by atoms with Crippen LogP contribution in [0.2, 0.25) is 0 Å². The maximum Gasteiger partial charge on any atom is 2.00 e. The Balaban J connectivity index is -0.0000000315. The van der Waals surface area contributed by atoms with Crippen LogP contribution in [0, 0.1) is 0 Å². The zero-order valence-corrected chi connectivity index (χ0v) is 28.8. The third kappa shape index (κ3) is 28800. The Morgan fingerprint density at radius 2 is 0.400 bits per heavy atom. The Morgan fingerprint density at radius 3 is 0.400 bits per heavy atom. The summed E-state index contributed by atoms with van der Waals surface area (Å²) in [5, 5.41) is 0. The molecular weight excluding hydrogens is 688 g/mol. The number of hydrogen-bond donors (Lipinski definition) is 2. The van der Waals surface area contributed by atoms with Crippen LogP contribution in [0.1, 0.15) is 0 Å². The average molecular weight is 727 g/mol. The SMILES string of the molecule is CS(C)=O.CS(C)=O.CS(C)=O.CS(C)=O.CS(C)=O.CS(C)=O.O=S(=O)([O-])O.O=S(=O)([O-])O.[Cu+2]. The summed E-state index contributed by atoms with van der Waals surface area (Å²) in [6, 6.07) is 0. The van der Waals surface area contributed by atoms with E-state index in [0.717, 1.165) is 0 Å².